The third-order valence-corrected chi connectivity index (χ3v) is 4.45. The van der Waals surface area contributed by atoms with Gasteiger partial charge in [-0.2, -0.15) is 0 Å². The maximum Gasteiger partial charge on any atom is 0.193 e. The van der Waals surface area contributed by atoms with Crippen molar-refractivity contribution in [3.05, 3.63) is 47.0 Å². The van der Waals surface area contributed by atoms with Crippen molar-refractivity contribution in [3.63, 3.8) is 0 Å². The van der Waals surface area contributed by atoms with Crippen LogP contribution in [0.25, 0.3) is 0 Å². The Morgan fingerprint density at radius 2 is 1.44 bits per heavy atom. The van der Waals surface area contributed by atoms with E-state index in [4.69, 9.17) is 18.9 Å². The molecule has 2 aromatic carbocycles. The summed E-state index contributed by atoms with van der Waals surface area (Å²) in [5, 5.41) is 0. The summed E-state index contributed by atoms with van der Waals surface area (Å²) in [5.74, 6) is 1.20. The molecule has 2 aromatic rings. The summed E-state index contributed by atoms with van der Waals surface area (Å²) in [5.41, 5.74) is 1.41. The van der Waals surface area contributed by atoms with Crippen LogP contribution in [0.5, 0.6) is 23.0 Å². The molecule has 6 heteroatoms. The lowest BCUT2D eigenvalue weighted by molar-refractivity contribution is -0.109. The van der Waals surface area contributed by atoms with Gasteiger partial charge >= 0.3 is 0 Å². The van der Waals surface area contributed by atoms with Crippen LogP contribution in [0.1, 0.15) is 40.7 Å². The smallest absolute Gasteiger partial charge is 0.193 e. The maximum atomic E-state index is 13.2. The molecule has 0 saturated heterocycles. The second-order valence-corrected chi connectivity index (χ2v) is 5.84. The van der Waals surface area contributed by atoms with E-state index in [2.05, 4.69) is 0 Å². The molecule has 0 saturated carbocycles. The number of methoxy groups -OCH3 is 4. The first-order chi connectivity index (χ1) is 13.0. The van der Waals surface area contributed by atoms with Crippen molar-refractivity contribution in [3.8, 4) is 23.0 Å². The van der Waals surface area contributed by atoms with Gasteiger partial charge in [0.25, 0.3) is 0 Å². The molecule has 0 bridgehead atoms. The minimum atomic E-state index is -0.427. The Kier molecular flexibility index (Phi) is 6.82. The van der Waals surface area contributed by atoms with Gasteiger partial charge in [-0.25, -0.2) is 0 Å². The molecule has 0 fully saturated rings. The van der Waals surface area contributed by atoms with Crippen LogP contribution in [-0.4, -0.2) is 40.5 Å². The molecule has 0 aliphatic rings. The number of rotatable bonds is 9. The van der Waals surface area contributed by atoms with E-state index in [0.717, 1.165) is 6.29 Å². The molecule has 0 aromatic heterocycles. The topological polar surface area (TPSA) is 71.1 Å². The molecular weight excluding hydrogens is 348 g/mol. The predicted molar refractivity (Wildman–Crippen MR) is 102 cm³/mol. The normalized spacial score (nSPS) is 11.4. The first-order valence-electron chi connectivity index (χ1n) is 8.52. The quantitative estimate of drug-likeness (QED) is 0.494. The monoisotopic (exact) mass is 372 g/mol. The van der Waals surface area contributed by atoms with Crippen LogP contribution in [0.3, 0.4) is 0 Å². The van der Waals surface area contributed by atoms with Crippen molar-refractivity contribution in [1.82, 2.24) is 0 Å². The van der Waals surface area contributed by atoms with Crippen LogP contribution in [0.15, 0.2) is 30.3 Å². The van der Waals surface area contributed by atoms with Gasteiger partial charge in [0.1, 0.15) is 6.29 Å². The number of ketones is 1. The lowest BCUT2D eigenvalue weighted by Crippen LogP contribution is -2.11. The van der Waals surface area contributed by atoms with Crippen molar-refractivity contribution >= 4 is 12.1 Å². The summed E-state index contributed by atoms with van der Waals surface area (Å²) >= 11 is 0. The molecule has 0 aliphatic carbocycles. The molecule has 0 radical (unpaired) electrons. The van der Waals surface area contributed by atoms with Crippen LogP contribution in [-0.2, 0) is 4.79 Å². The number of carbonyl (C=O) groups excluding carboxylic acids is 2. The fourth-order valence-electron chi connectivity index (χ4n) is 2.92. The Labute approximate surface area is 159 Å². The molecule has 1 atom stereocenters. The van der Waals surface area contributed by atoms with Crippen LogP contribution in [0.2, 0.25) is 0 Å². The Bertz CT molecular complexity index is 828. The third-order valence-electron chi connectivity index (χ3n) is 4.45. The zero-order valence-corrected chi connectivity index (χ0v) is 16.2. The van der Waals surface area contributed by atoms with Crippen molar-refractivity contribution in [1.29, 1.82) is 0 Å². The van der Waals surface area contributed by atoms with Crippen LogP contribution in [0, 0.1) is 0 Å². The van der Waals surface area contributed by atoms with Gasteiger partial charge in [0, 0.05) is 17.0 Å². The lowest BCUT2D eigenvalue weighted by Gasteiger charge is -2.18. The summed E-state index contributed by atoms with van der Waals surface area (Å²) in [7, 11) is 6.05. The first kappa shape index (κ1) is 20.3. The van der Waals surface area contributed by atoms with E-state index in [9.17, 15) is 9.59 Å². The largest absolute Gasteiger partial charge is 0.493 e. The zero-order chi connectivity index (χ0) is 20.0. The SMILES string of the molecule is CCC(C=O)c1cc(OC)c(OC)cc1C(=O)c1ccc(OC)c(OC)c1. The molecule has 0 heterocycles. The molecular formula is C21H24O6. The lowest BCUT2D eigenvalue weighted by atomic mass is 9.88. The van der Waals surface area contributed by atoms with Crippen LogP contribution >= 0.6 is 0 Å². The van der Waals surface area contributed by atoms with E-state index >= 15 is 0 Å². The van der Waals surface area contributed by atoms with Gasteiger partial charge in [-0.15, -0.1) is 0 Å². The summed E-state index contributed by atoms with van der Waals surface area (Å²) in [6, 6.07) is 8.24. The molecule has 27 heavy (non-hydrogen) atoms. The van der Waals surface area contributed by atoms with Gasteiger partial charge in [-0.1, -0.05) is 6.92 Å². The predicted octanol–water partition coefficient (Wildman–Crippen LogP) is 3.64. The molecule has 2 rings (SSSR count). The second-order valence-electron chi connectivity index (χ2n) is 5.84. The molecule has 0 aliphatic heterocycles. The van der Waals surface area contributed by atoms with Gasteiger partial charge in [0.2, 0.25) is 0 Å². The Morgan fingerprint density at radius 3 is 1.96 bits per heavy atom. The van der Waals surface area contributed by atoms with E-state index in [0.29, 0.717) is 46.1 Å². The number of carbonyl (C=O) groups is 2. The molecule has 0 N–H and O–H groups in total. The first-order valence-corrected chi connectivity index (χ1v) is 8.52. The third kappa shape index (κ3) is 4.05. The summed E-state index contributed by atoms with van der Waals surface area (Å²) < 4.78 is 21.2. The highest BCUT2D eigenvalue weighted by Gasteiger charge is 2.23. The van der Waals surface area contributed by atoms with Crippen molar-refractivity contribution in [2.24, 2.45) is 0 Å². The number of benzene rings is 2. The highest BCUT2D eigenvalue weighted by molar-refractivity contribution is 6.11. The highest BCUT2D eigenvalue weighted by atomic mass is 16.5. The summed E-state index contributed by atoms with van der Waals surface area (Å²) in [6.45, 7) is 1.89. The molecule has 0 spiro atoms. The Balaban J connectivity index is 2.64. The van der Waals surface area contributed by atoms with E-state index in [1.807, 2.05) is 6.92 Å². The van der Waals surface area contributed by atoms with Crippen LogP contribution in [0.4, 0.5) is 0 Å². The maximum absolute atomic E-state index is 13.2. The van der Waals surface area contributed by atoms with E-state index in [-0.39, 0.29) is 5.78 Å². The molecule has 6 nitrogen and oxygen atoms in total. The van der Waals surface area contributed by atoms with E-state index in [1.54, 1.807) is 30.3 Å². The van der Waals surface area contributed by atoms with Crippen molar-refractivity contribution in [2.45, 2.75) is 19.3 Å². The van der Waals surface area contributed by atoms with Crippen LogP contribution < -0.4 is 18.9 Å². The Hall–Kier alpha value is -3.02. The minimum absolute atomic E-state index is 0.243. The number of hydrogen-bond acceptors (Lipinski definition) is 6. The van der Waals surface area contributed by atoms with Gasteiger partial charge in [-0.05, 0) is 42.3 Å². The van der Waals surface area contributed by atoms with E-state index in [1.165, 1.54) is 28.4 Å². The van der Waals surface area contributed by atoms with Gasteiger partial charge in [-0.3, -0.25) is 4.79 Å². The molecule has 144 valence electrons. The highest BCUT2D eigenvalue weighted by Crippen LogP contribution is 2.36. The van der Waals surface area contributed by atoms with Gasteiger partial charge in [0.05, 0.1) is 28.4 Å². The fourth-order valence-corrected chi connectivity index (χ4v) is 2.92. The summed E-state index contributed by atoms with van der Waals surface area (Å²) in [4.78, 5) is 24.8. The van der Waals surface area contributed by atoms with Crippen molar-refractivity contribution < 1.29 is 28.5 Å². The average molecular weight is 372 g/mol. The molecule has 1 unspecified atom stereocenters. The zero-order valence-electron chi connectivity index (χ0n) is 16.2. The second kappa shape index (κ2) is 9.07. The van der Waals surface area contributed by atoms with Gasteiger partial charge in [0.15, 0.2) is 28.8 Å². The van der Waals surface area contributed by atoms with Crippen molar-refractivity contribution in [2.75, 3.05) is 28.4 Å². The Morgan fingerprint density at radius 1 is 0.889 bits per heavy atom. The number of ether oxygens (including phenoxy) is 4. The molecule has 0 amide bonds. The van der Waals surface area contributed by atoms with Gasteiger partial charge < -0.3 is 23.7 Å². The van der Waals surface area contributed by atoms with E-state index < -0.39 is 5.92 Å². The fraction of sp³-hybridized carbons (Fsp3) is 0.333. The number of aldehydes is 1. The standard InChI is InChI=1S/C21H24O6/c1-6-13(12-22)15-10-19(26-4)20(27-5)11-16(15)21(23)14-7-8-17(24-2)18(9-14)25-3/h7-13H,6H2,1-5H3. The average Bonchev–Trinajstić information content (AvgIpc) is 2.72. The summed E-state index contributed by atoms with van der Waals surface area (Å²) in [6.07, 6.45) is 1.40. The number of hydrogen-bond donors (Lipinski definition) is 0. The minimum Gasteiger partial charge on any atom is -0.493 e.